The van der Waals surface area contributed by atoms with Crippen molar-refractivity contribution in [2.45, 2.75) is 12.3 Å². The van der Waals surface area contributed by atoms with Gasteiger partial charge in [0.25, 0.3) is 0 Å². The molecule has 19 heavy (non-hydrogen) atoms. The van der Waals surface area contributed by atoms with Gasteiger partial charge in [-0.15, -0.1) is 0 Å². The molecular formula is C14H16N2O2S. The van der Waals surface area contributed by atoms with Gasteiger partial charge in [-0.1, -0.05) is 48.5 Å². The summed E-state index contributed by atoms with van der Waals surface area (Å²) in [5.74, 6) is -0.0489. The molecule has 0 unspecified atom stereocenters. The summed E-state index contributed by atoms with van der Waals surface area (Å²) in [7, 11) is -3.43. The molecule has 2 aromatic rings. The highest BCUT2D eigenvalue weighted by Crippen LogP contribution is 2.17. The first-order valence-corrected chi connectivity index (χ1v) is 7.58. The van der Waals surface area contributed by atoms with Gasteiger partial charge in [0, 0.05) is 6.54 Å². The summed E-state index contributed by atoms with van der Waals surface area (Å²) in [6, 6.07) is 16.2. The summed E-state index contributed by atoms with van der Waals surface area (Å²) in [4.78, 5) is 0. The van der Waals surface area contributed by atoms with Gasteiger partial charge >= 0.3 is 0 Å². The SMILES string of the molecule is NCc1ccccc1NS(=O)(=O)Cc1ccccc1. The molecule has 0 saturated heterocycles. The highest BCUT2D eigenvalue weighted by molar-refractivity contribution is 7.91. The van der Waals surface area contributed by atoms with Crippen LogP contribution in [0.3, 0.4) is 0 Å². The molecule has 0 aliphatic rings. The van der Waals surface area contributed by atoms with Crippen LogP contribution in [0.15, 0.2) is 54.6 Å². The van der Waals surface area contributed by atoms with Crippen LogP contribution in [0.25, 0.3) is 0 Å². The molecule has 0 fully saturated rings. The minimum Gasteiger partial charge on any atom is -0.326 e. The second-order valence-electron chi connectivity index (χ2n) is 4.21. The molecule has 3 N–H and O–H groups in total. The average molecular weight is 276 g/mol. The Bertz CT molecular complexity index is 640. The zero-order valence-electron chi connectivity index (χ0n) is 10.4. The number of hydrogen-bond donors (Lipinski definition) is 2. The first-order chi connectivity index (χ1) is 9.11. The van der Waals surface area contributed by atoms with Gasteiger partial charge in [-0.25, -0.2) is 8.42 Å². The van der Waals surface area contributed by atoms with E-state index >= 15 is 0 Å². The Labute approximate surface area is 113 Å². The van der Waals surface area contributed by atoms with Crippen LogP contribution in [0, 0.1) is 0 Å². The molecule has 0 aliphatic carbocycles. The van der Waals surface area contributed by atoms with Crippen LogP contribution in [0.5, 0.6) is 0 Å². The predicted octanol–water partition coefficient (Wildman–Crippen LogP) is 2.09. The number of sulfonamides is 1. The summed E-state index contributed by atoms with van der Waals surface area (Å²) in [6.07, 6.45) is 0. The molecule has 0 aliphatic heterocycles. The van der Waals surface area contributed by atoms with Crippen molar-refractivity contribution in [2.75, 3.05) is 4.72 Å². The highest BCUT2D eigenvalue weighted by atomic mass is 32.2. The monoisotopic (exact) mass is 276 g/mol. The second-order valence-corrected chi connectivity index (χ2v) is 5.93. The third-order valence-corrected chi connectivity index (χ3v) is 3.95. The molecule has 0 bridgehead atoms. The number of para-hydroxylation sites is 1. The maximum absolute atomic E-state index is 12.1. The Morgan fingerprint density at radius 1 is 0.947 bits per heavy atom. The van der Waals surface area contributed by atoms with Crippen LogP contribution in [0.1, 0.15) is 11.1 Å². The van der Waals surface area contributed by atoms with E-state index in [-0.39, 0.29) is 5.75 Å². The van der Waals surface area contributed by atoms with E-state index in [9.17, 15) is 8.42 Å². The van der Waals surface area contributed by atoms with Crippen LogP contribution >= 0.6 is 0 Å². The van der Waals surface area contributed by atoms with Crippen molar-refractivity contribution in [3.8, 4) is 0 Å². The van der Waals surface area contributed by atoms with Gasteiger partial charge in [0.1, 0.15) is 0 Å². The van der Waals surface area contributed by atoms with Gasteiger partial charge in [0.15, 0.2) is 0 Å². The van der Waals surface area contributed by atoms with Gasteiger partial charge in [0.2, 0.25) is 10.0 Å². The molecule has 0 saturated carbocycles. The van der Waals surface area contributed by atoms with Crippen LogP contribution < -0.4 is 10.5 Å². The summed E-state index contributed by atoms with van der Waals surface area (Å²) in [6.45, 7) is 0.296. The maximum Gasteiger partial charge on any atom is 0.236 e. The van der Waals surface area contributed by atoms with E-state index in [2.05, 4.69) is 4.72 Å². The number of nitrogens with two attached hydrogens (primary N) is 1. The van der Waals surface area contributed by atoms with Crippen molar-refractivity contribution < 1.29 is 8.42 Å². The molecule has 2 rings (SSSR count). The van der Waals surface area contributed by atoms with Crippen molar-refractivity contribution in [1.82, 2.24) is 0 Å². The Morgan fingerprint density at radius 3 is 2.26 bits per heavy atom. The molecule has 0 radical (unpaired) electrons. The Hall–Kier alpha value is -1.85. The first-order valence-electron chi connectivity index (χ1n) is 5.93. The van der Waals surface area contributed by atoms with Crippen LogP contribution in [0.2, 0.25) is 0 Å². The number of hydrogen-bond acceptors (Lipinski definition) is 3. The molecule has 2 aromatic carbocycles. The maximum atomic E-state index is 12.1. The van der Waals surface area contributed by atoms with Crippen molar-refractivity contribution >= 4 is 15.7 Å². The van der Waals surface area contributed by atoms with Crippen molar-refractivity contribution in [2.24, 2.45) is 5.73 Å². The Kier molecular flexibility index (Phi) is 4.19. The van der Waals surface area contributed by atoms with E-state index in [4.69, 9.17) is 5.73 Å². The van der Waals surface area contributed by atoms with E-state index in [0.29, 0.717) is 12.2 Å². The Morgan fingerprint density at radius 2 is 1.58 bits per heavy atom. The molecule has 0 spiro atoms. The zero-order valence-corrected chi connectivity index (χ0v) is 11.2. The van der Waals surface area contributed by atoms with Gasteiger partial charge in [0.05, 0.1) is 11.4 Å². The van der Waals surface area contributed by atoms with Gasteiger partial charge in [-0.05, 0) is 17.2 Å². The minimum absolute atomic E-state index is 0.0489. The zero-order chi connectivity index (χ0) is 13.7. The molecule has 0 amide bonds. The predicted molar refractivity (Wildman–Crippen MR) is 77.0 cm³/mol. The summed E-state index contributed by atoms with van der Waals surface area (Å²) in [5.41, 5.74) is 7.66. The first kappa shape index (κ1) is 13.6. The number of rotatable bonds is 5. The molecule has 0 aromatic heterocycles. The number of benzene rings is 2. The lowest BCUT2D eigenvalue weighted by molar-refractivity contribution is 0.600. The second kappa shape index (κ2) is 5.86. The fourth-order valence-electron chi connectivity index (χ4n) is 1.80. The lowest BCUT2D eigenvalue weighted by Crippen LogP contribution is -2.16. The fourth-order valence-corrected chi connectivity index (χ4v) is 3.03. The third kappa shape index (κ3) is 3.81. The fraction of sp³-hybridized carbons (Fsp3) is 0.143. The third-order valence-electron chi connectivity index (χ3n) is 2.70. The lowest BCUT2D eigenvalue weighted by atomic mass is 10.2. The van der Waals surface area contributed by atoms with Crippen LogP contribution in [0.4, 0.5) is 5.69 Å². The largest absolute Gasteiger partial charge is 0.326 e. The summed E-state index contributed by atoms with van der Waals surface area (Å²) >= 11 is 0. The van der Waals surface area contributed by atoms with Gasteiger partial charge < -0.3 is 5.73 Å². The van der Waals surface area contributed by atoms with E-state index in [1.165, 1.54) is 0 Å². The average Bonchev–Trinajstić information content (AvgIpc) is 2.39. The number of nitrogens with one attached hydrogen (secondary N) is 1. The normalized spacial score (nSPS) is 11.2. The van der Waals surface area contributed by atoms with Crippen LogP contribution in [-0.4, -0.2) is 8.42 Å². The summed E-state index contributed by atoms with van der Waals surface area (Å²) < 4.78 is 26.7. The lowest BCUT2D eigenvalue weighted by Gasteiger charge is -2.11. The topological polar surface area (TPSA) is 72.2 Å². The smallest absolute Gasteiger partial charge is 0.236 e. The standard InChI is InChI=1S/C14H16N2O2S/c15-10-13-8-4-5-9-14(13)16-19(17,18)11-12-6-2-1-3-7-12/h1-9,16H,10-11,15H2. The molecule has 4 nitrogen and oxygen atoms in total. The van der Waals surface area contributed by atoms with E-state index in [1.54, 1.807) is 30.3 Å². The minimum atomic E-state index is -3.43. The quantitative estimate of drug-likeness (QED) is 0.878. The van der Waals surface area contributed by atoms with Gasteiger partial charge in [-0.2, -0.15) is 0 Å². The van der Waals surface area contributed by atoms with Crippen molar-refractivity contribution in [1.29, 1.82) is 0 Å². The Balaban J connectivity index is 2.18. The van der Waals surface area contributed by atoms with E-state index in [0.717, 1.165) is 11.1 Å². The van der Waals surface area contributed by atoms with E-state index < -0.39 is 10.0 Å². The molecule has 5 heteroatoms. The molecule has 0 atom stereocenters. The molecule has 100 valence electrons. The van der Waals surface area contributed by atoms with Crippen LogP contribution in [-0.2, 0) is 22.3 Å². The van der Waals surface area contributed by atoms with E-state index in [1.807, 2.05) is 24.3 Å². The van der Waals surface area contributed by atoms with Crippen molar-refractivity contribution in [3.05, 3.63) is 65.7 Å². The summed E-state index contributed by atoms with van der Waals surface area (Å²) in [5, 5.41) is 0. The number of anilines is 1. The molecule has 0 heterocycles. The van der Waals surface area contributed by atoms with Gasteiger partial charge in [-0.3, -0.25) is 4.72 Å². The highest BCUT2D eigenvalue weighted by Gasteiger charge is 2.13. The van der Waals surface area contributed by atoms with Crippen molar-refractivity contribution in [3.63, 3.8) is 0 Å². The molecular weight excluding hydrogens is 260 g/mol.